The summed E-state index contributed by atoms with van der Waals surface area (Å²) >= 11 is 0. The lowest BCUT2D eigenvalue weighted by molar-refractivity contribution is 0.224. The van der Waals surface area contributed by atoms with Crippen LogP contribution < -0.4 is 11.2 Å². The minimum atomic E-state index is 0.0992. The number of hydrogen-bond acceptors (Lipinski definition) is 8. The molecule has 2 aromatic heterocycles. The van der Waals surface area contributed by atoms with Crippen LogP contribution in [0.4, 0.5) is 5.82 Å². The van der Waals surface area contributed by atoms with Gasteiger partial charge in [0.1, 0.15) is 5.69 Å². The lowest BCUT2D eigenvalue weighted by Gasteiger charge is -2.00. The summed E-state index contributed by atoms with van der Waals surface area (Å²) in [4.78, 5) is 0. The summed E-state index contributed by atoms with van der Waals surface area (Å²) in [6.45, 7) is 5.27. The van der Waals surface area contributed by atoms with Crippen molar-refractivity contribution < 1.29 is 9.84 Å². The molecule has 0 bridgehead atoms. The van der Waals surface area contributed by atoms with Gasteiger partial charge in [-0.15, -0.1) is 5.10 Å². The first-order valence-electron chi connectivity index (χ1n) is 4.25. The average molecular weight is 223 g/mol. The number of nitrogens with zero attached hydrogens (tertiary/aromatic N) is 5. The molecule has 0 aliphatic carbocycles. The molecule has 4 N–H and O–H groups in total. The summed E-state index contributed by atoms with van der Waals surface area (Å²) in [5.41, 5.74) is 8.62. The molecule has 0 spiro atoms. The Bertz CT molecular complexity index is 529. The molecule has 0 aliphatic heterocycles. The smallest absolute Gasteiger partial charge is 0.243 e. The molecule has 2 rings (SSSR count). The Morgan fingerprint density at radius 1 is 1.56 bits per heavy atom. The summed E-state index contributed by atoms with van der Waals surface area (Å²) in [5, 5.41) is 23.3. The molecule has 0 amide bonds. The van der Waals surface area contributed by atoms with E-state index < -0.39 is 0 Å². The van der Waals surface area contributed by atoms with Gasteiger partial charge in [0.15, 0.2) is 0 Å². The molecule has 0 radical (unpaired) electrons. The number of rotatable bonds is 3. The predicted octanol–water partition coefficient (Wildman–Crippen LogP) is -0.510. The van der Waals surface area contributed by atoms with Crippen molar-refractivity contribution in [2.24, 2.45) is 0 Å². The largest absolute Gasteiger partial charge is 0.378 e. The van der Waals surface area contributed by atoms with Gasteiger partial charge in [-0.1, -0.05) is 11.8 Å². The van der Waals surface area contributed by atoms with Crippen LogP contribution >= 0.6 is 0 Å². The maximum Gasteiger partial charge on any atom is 0.243 e. The van der Waals surface area contributed by atoms with Crippen LogP contribution in [0, 0.1) is 6.92 Å². The zero-order valence-electron chi connectivity index (χ0n) is 8.38. The van der Waals surface area contributed by atoms with Crippen LogP contribution in [0.15, 0.2) is 11.2 Å². The lowest BCUT2D eigenvalue weighted by atomic mass is 10.3. The fraction of sp³-hybridized carbons (Fsp3) is 0.143. The molecule has 16 heavy (non-hydrogen) atoms. The van der Waals surface area contributed by atoms with E-state index in [-0.39, 0.29) is 17.3 Å². The molecule has 0 fully saturated rings. The van der Waals surface area contributed by atoms with E-state index in [1.807, 2.05) is 5.48 Å². The molecule has 2 heterocycles. The molecule has 9 heteroatoms. The fourth-order valence-electron chi connectivity index (χ4n) is 1.20. The van der Waals surface area contributed by atoms with E-state index in [1.54, 1.807) is 6.92 Å². The molecular formula is C7H9N7O2. The minimum Gasteiger partial charge on any atom is -0.378 e. The second-order valence-corrected chi connectivity index (χ2v) is 3.00. The van der Waals surface area contributed by atoms with Crippen molar-refractivity contribution in [3.63, 3.8) is 0 Å². The van der Waals surface area contributed by atoms with Crippen molar-refractivity contribution in [3.05, 3.63) is 18.0 Å². The standard InChI is InChI=1S/C7H9N7O2/c1-3(10-15)5-4(2)14(13-9-5)7-6(8)11-16-12-7/h10,15H,1H2,2H3,(H2,8,11). The van der Waals surface area contributed by atoms with E-state index in [1.165, 1.54) is 4.68 Å². The highest BCUT2D eigenvalue weighted by molar-refractivity contribution is 5.59. The van der Waals surface area contributed by atoms with Crippen LogP contribution in [-0.2, 0) is 0 Å². The molecule has 9 nitrogen and oxygen atoms in total. The van der Waals surface area contributed by atoms with Crippen LogP contribution in [0.3, 0.4) is 0 Å². The maximum absolute atomic E-state index is 8.71. The molecule has 0 aliphatic rings. The highest BCUT2D eigenvalue weighted by Gasteiger charge is 2.17. The van der Waals surface area contributed by atoms with Crippen molar-refractivity contribution in [2.75, 3.05) is 5.73 Å². The molecule has 0 aromatic carbocycles. The Morgan fingerprint density at radius 2 is 2.31 bits per heavy atom. The molecule has 0 saturated heterocycles. The maximum atomic E-state index is 8.71. The van der Waals surface area contributed by atoms with Gasteiger partial charge < -0.3 is 5.73 Å². The molecule has 2 aromatic rings. The van der Waals surface area contributed by atoms with Gasteiger partial charge in [0.25, 0.3) is 0 Å². The van der Waals surface area contributed by atoms with Gasteiger partial charge in [-0.3, -0.25) is 10.7 Å². The Morgan fingerprint density at radius 3 is 2.88 bits per heavy atom. The SMILES string of the molecule is C=C(NO)c1nnn(-c2nonc2N)c1C. The van der Waals surface area contributed by atoms with Crippen LogP contribution in [0.2, 0.25) is 0 Å². The Kier molecular flexibility index (Phi) is 2.29. The van der Waals surface area contributed by atoms with E-state index in [2.05, 4.69) is 31.8 Å². The highest BCUT2D eigenvalue weighted by atomic mass is 16.6. The highest BCUT2D eigenvalue weighted by Crippen LogP contribution is 2.17. The van der Waals surface area contributed by atoms with Crippen molar-refractivity contribution in [3.8, 4) is 5.82 Å². The summed E-state index contributed by atoms with van der Waals surface area (Å²) in [7, 11) is 0. The Labute approximate surface area is 89.5 Å². The Balaban J connectivity index is 2.49. The van der Waals surface area contributed by atoms with E-state index in [9.17, 15) is 0 Å². The predicted molar refractivity (Wildman–Crippen MR) is 52.3 cm³/mol. The number of aromatic nitrogens is 5. The summed E-state index contributed by atoms with van der Waals surface area (Å²) in [5.74, 6) is 0.337. The number of anilines is 1. The van der Waals surface area contributed by atoms with Gasteiger partial charge >= 0.3 is 0 Å². The van der Waals surface area contributed by atoms with E-state index in [4.69, 9.17) is 10.9 Å². The van der Waals surface area contributed by atoms with Gasteiger partial charge in [-0.05, 0) is 17.2 Å². The summed E-state index contributed by atoms with van der Waals surface area (Å²) in [6, 6.07) is 0. The van der Waals surface area contributed by atoms with Crippen molar-refractivity contribution >= 4 is 11.5 Å². The van der Waals surface area contributed by atoms with E-state index in [0.717, 1.165) is 0 Å². The Hall–Kier alpha value is -2.42. The van der Waals surface area contributed by atoms with Gasteiger partial charge in [-0.25, -0.2) is 4.63 Å². The molecule has 0 atom stereocenters. The van der Waals surface area contributed by atoms with Crippen molar-refractivity contribution in [1.29, 1.82) is 0 Å². The monoisotopic (exact) mass is 223 g/mol. The first-order chi connectivity index (χ1) is 7.65. The van der Waals surface area contributed by atoms with Gasteiger partial charge in [0, 0.05) is 0 Å². The number of nitrogen functional groups attached to an aromatic ring is 1. The topological polar surface area (TPSA) is 128 Å². The second-order valence-electron chi connectivity index (χ2n) is 3.00. The van der Waals surface area contributed by atoms with E-state index >= 15 is 0 Å². The van der Waals surface area contributed by atoms with Gasteiger partial charge in [0.05, 0.1) is 11.4 Å². The summed E-state index contributed by atoms with van der Waals surface area (Å²) in [6.07, 6.45) is 0. The molecule has 0 saturated carbocycles. The zero-order chi connectivity index (χ0) is 11.7. The third kappa shape index (κ3) is 1.39. The van der Waals surface area contributed by atoms with Crippen LogP contribution in [0.1, 0.15) is 11.4 Å². The molecule has 84 valence electrons. The fourth-order valence-corrected chi connectivity index (χ4v) is 1.20. The van der Waals surface area contributed by atoms with Crippen molar-refractivity contribution in [1.82, 2.24) is 30.8 Å². The number of hydrogen-bond donors (Lipinski definition) is 3. The van der Waals surface area contributed by atoms with Gasteiger partial charge in [-0.2, -0.15) is 4.68 Å². The van der Waals surface area contributed by atoms with E-state index in [0.29, 0.717) is 11.4 Å². The minimum absolute atomic E-state index is 0.0992. The van der Waals surface area contributed by atoms with Gasteiger partial charge in [0.2, 0.25) is 11.6 Å². The number of hydroxylamine groups is 1. The third-order valence-corrected chi connectivity index (χ3v) is 2.01. The number of nitrogens with two attached hydrogens (primary N) is 1. The van der Waals surface area contributed by atoms with Crippen molar-refractivity contribution in [2.45, 2.75) is 6.92 Å². The lowest BCUT2D eigenvalue weighted by Crippen LogP contribution is -2.07. The number of nitrogens with one attached hydrogen (secondary N) is 1. The first kappa shape index (κ1) is 10.1. The first-order valence-corrected chi connectivity index (χ1v) is 4.25. The second kappa shape index (κ2) is 3.62. The normalized spacial score (nSPS) is 10.4. The average Bonchev–Trinajstić information content (AvgIpc) is 2.84. The van der Waals surface area contributed by atoms with Crippen LogP contribution in [-0.4, -0.2) is 30.5 Å². The molecule has 0 unspecified atom stereocenters. The third-order valence-electron chi connectivity index (χ3n) is 2.01. The van der Waals surface area contributed by atoms with Crippen LogP contribution in [0.5, 0.6) is 0 Å². The molecular weight excluding hydrogens is 214 g/mol. The van der Waals surface area contributed by atoms with Crippen LogP contribution in [0.25, 0.3) is 11.5 Å². The zero-order valence-corrected chi connectivity index (χ0v) is 8.38. The quantitative estimate of drug-likeness (QED) is 0.593. The summed E-state index contributed by atoms with van der Waals surface area (Å²) < 4.78 is 5.79.